The normalized spacial score (nSPS) is 17.6. The minimum atomic E-state index is -0.862. The number of carbonyl (C=O) groups is 2. The molecule has 3 heterocycles. The van der Waals surface area contributed by atoms with Gasteiger partial charge in [-0.05, 0) is 93.8 Å². The van der Waals surface area contributed by atoms with Crippen molar-refractivity contribution < 1.29 is 14.3 Å². The van der Waals surface area contributed by atoms with Crippen LogP contribution in [0.2, 0.25) is 0 Å². The van der Waals surface area contributed by atoms with Crippen LogP contribution >= 0.6 is 0 Å². The lowest BCUT2D eigenvalue weighted by Crippen LogP contribution is -2.44. The van der Waals surface area contributed by atoms with Crippen LogP contribution in [0.1, 0.15) is 55.9 Å². The van der Waals surface area contributed by atoms with Crippen molar-refractivity contribution in [2.45, 2.75) is 70.9 Å². The number of rotatable bonds is 7. The van der Waals surface area contributed by atoms with E-state index in [9.17, 15) is 9.59 Å². The largest absolute Gasteiger partial charge is 0.443 e. The van der Waals surface area contributed by atoms with Crippen LogP contribution in [0.3, 0.4) is 0 Å². The fourth-order valence-electron chi connectivity index (χ4n) is 5.70. The van der Waals surface area contributed by atoms with Crippen molar-refractivity contribution in [3.63, 3.8) is 0 Å². The van der Waals surface area contributed by atoms with Crippen molar-refractivity contribution in [3.8, 4) is 0 Å². The summed E-state index contributed by atoms with van der Waals surface area (Å²) in [6, 6.07) is 20.8. The summed E-state index contributed by atoms with van der Waals surface area (Å²) in [6.45, 7) is 8.80. The van der Waals surface area contributed by atoms with Gasteiger partial charge >= 0.3 is 6.09 Å². The van der Waals surface area contributed by atoms with Crippen LogP contribution in [0.25, 0.3) is 10.9 Å². The first-order valence-corrected chi connectivity index (χ1v) is 13.7. The first kappa shape index (κ1) is 26.7. The van der Waals surface area contributed by atoms with Gasteiger partial charge in [0.25, 0.3) is 0 Å². The van der Waals surface area contributed by atoms with Crippen LogP contribution in [0.5, 0.6) is 0 Å². The van der Waals surface area contributed by atoms with Crippen LogP contribution in [0.4, 0.5) is 4.79 Å². The molecular weight excluding hydrogens is 486 g/mol. The van der Waals surface area contributed by atoms with E-state index in [4.69, 9.17) is 4.74 Å². The number of nitrogens with zero attached hydrogens (tertiary/aromatic N) is 3. The Morgan fingerprint density at radius 2 is 1.77 bits per heavy atom. The molecule has 1 fully saturated rings. The third kappa shape index (κ3) is 5.60. The lowest BCUT2D eigenvalue weighted by Gasteiger charge is -2.29. The van der Waals surface area contributed by atoms with E-state index in [-0.39, 0.29) is 5.91 Å². The standard InChI is InChI=1S/C33H37N3O3/c1-24-23-35(19-8-11-25-9-6-5-7-10-25)29-21-27(12-13-28(24)29)33(22-26-14-17-34-18-15-26)16-20-36(30(33)37)31(38)39-32(2,3)4/h5-7,9-10,12-15,17-18,21,23H,8,11,16,19-20,22H2,1-4H3. The van der Waals surface area contributed by atoms with Gasteiger partial charge in [-0.2, -0.15) is 0 Å². The Balaban J connectivity index is 1.49. The van der Waals surface area contributed by atoms with Gasteiger partial charge in [0.2, 0.25) is 5.91 Å². The molecule has 0 aliphatic carbocycles. The molecule has 2 aromatic carbocycles. The number of aryl methyl sites for hydroxylation is 3. The minimum absolute atomic E-state index is 0.202. The third-order valence-electron chi connectivity index (χ3n) is 7.63. The number of fused-ring (bicyclic) bond motifs is 1. The van der Waals surface area contributed by atoms with Gasteiger partial charge in [-0.3, -0.25) is 9.78 Å². The van der Waals surface area contributed by atoms with Crippen molar-refractivity contribution in [1.82, 2.24) is 14.5 Å². The smallest absolute Gasteiger partial charge is 0.417 e. The summed E-state index contributed by atoms with van der Waals surface area (Å²) < 4.78 is 7.90. The number of pyridine rings is 1. The molecule has 202 valence electrons. The number of aromatic nitrogens is 2. The Labute approximate surface area is 230 Å². The SMILES string of the molecule is Cc1cn(CCCc2ccccc2)c2cc(C3(Cc4ccncc4)CCN(C(=O)OC(C)(C)C)C3=O)ccc12. The van der Waals surface area contributed by atoms with Gasteiger partial charge in [0.15, 0.2) is 0 Å². The summed E-state index contributed by atoms with van der Waals surface area (Å²) in [5.41, 5.74) is 4.08. The highest BCUT2D eigenvalue weighted by molar-refractivity contribution is 6.01. The van der Waals surface area contributed by atoms with Crippen LogP contribution in [0.15, 0.2) is 79.3 Å². The van der Waals surface area contributed by atoms with Crippen molar-refractivity contribution in [1.29, 1.82) is 0 Å². The molecule has 0 bridgehead atoms. The Bertz CT molecular complexity index is 1470. The Morgan fingerprint density at radius 1 is 1.03 bits per heavy atom. The summed E-state index contributed by atoms with van der Waals surface area (Å²) in [7, 11) is 0. The second-order valence-electron chi connectivity index (χ2n) is 11.6. The predicted molar refractivity (Wildman–Crippen MR) is 154 cm³/mol. The first-order valence-electron chi connectivity index (χ1n) is 13.7. The minimum Gasteiger partial charge on any atom is -0.443 e. The molecule has 0 N–H and O–H groups in total. The molecule has 39 heavy (non-hydrogen) atoms. The summed E-state index contributed by atoms with van der Waals surface area (Å²) in [6.07, 6.45) is 8.18. The van der Waals surface area contributed by atoms with E-state index in [1.165, 1.54) is 21.4 Å². The lowest BCUT2D eigenvalue weighted by atomic mass is 9.74. The highest BCUT2D eigenvalue weighted by Crippen LogP contribution is 2.41. The fourth-order valence-corrected chi connectivity index (χ4v) is 5.70. The molecule has 1 saturated heterocycles. The molecule has 1 atom stereocenters. The van der Waals surface area contributed by atoms with Gasteiger partial charge in [-0.15, -0.1) is 0 Å². The van der Waals surface area contributed by atoms with Crippen LogP contribution in [0, 0.1) is 6.92 Å². The molecule has 1 aliphatic rings. The number of ether oxygens (including phenoxy) is 1. The number of imide groups is 1. The molecule has 6 nitrogen and oxygen atoms in total. The van der Waals surface area contributed by atoms with Crippen LogP contribution < -0.4 is 0 Å². The van der Waals surface area contributed by atoms with Gasteiger partial charge < -0.3 is 9.30 Å². The number of hydrogen-bond acceptors (Lipinski definition) is 4. The zero-order valence-corrected chi connectivity index (χ0v) is 23.3. The van der Waals surface area contributed by atoms with Crippen molar-refractivity contribution >= 4 is 22.9 Å². The van der Waals surface area contributed by atoms with E-state index in [0.29, 0.717) is 19.4 Å². The molecule has 4 aromatic rings. The number of hydrogen-bond donors (Lipinski definition) is 0. The summed E-state index contributed by atoms with van der Waals surface area (Å²) in [5, 5.41) is 1.19. The van der Waals surface area contributed by atoms with Crippen molar-refractivity contribution in [2.75, 3.05) is 6.54 Å². The average Bonchev–Trinajstić information content (AvgIpc) is 3.41. The zero-order valence-electron chi connectivity index (χ0n) is 23.3. The number of likely N-dealkylation sites (tertiary alicyclic amines) is 1. The second kappa shape index (κ2) is 10.7. The van der Waals surface area contributed by atoms with Gasteiger partial charge in [0, 0.05) is 42.6 Å². The van der Waals surface area contributed by atoms with E-state index in [2.05, 4.69) is 65.1 Å². The summed E-state index contributed by atoms with van der Waals surface area (Å²) in [4.78, 5) is 32.6. The average molecular weight is 524 g/mol. The number of amides is 2. The first-order chi connectivity index (χ1) is 18.7. The maximum Gasteiger partial charge on any atom is 0.417 e. The molecule has 1 aliphatic heterocycles. The molecular formula is C33H37N3O3. The zero-order chi connectivity index (χ0) is 27.6. The van der Waals surface area contributed by atoms with Gasteiger partial charge in [0.05, 0.1) is 5.41 Å². The van der Waals surface area contributed by atoms with Crippen LogP contribution in [-0.4, -0.2) is 38.6 Å². The topological polar surface area (TPSA) is 64.4 Å². The highest BCUT2D eigenvalue weighted by Gasteiger charge is 2.51. The molecule has 2 aromatic heterocycles. The van der Waals surface area contributed by atoms with Crippen LogP contribution in [-0.2, 0) is 34.3 Å². The monoisotopic (exact) mass is 523 g/mol. The maximum atomic E-state index is 14.1. The predicted octanol–water partition coefficient (Wildman–Crippen LogP) is 6.63. The molecule has 6 heteroatoms. The van der Waals surface area contributed by atoms with Gasteiger partial charge in [-0.1, -0.05) is 42.5 Å². The number of benzene rings is 2. The second-order valence-corrected chi connectivity index (χ2v) is 11.6. The Morgan fingerprint density at radius 3 is 2.49 bits per heavy atom. The quantitative estimate of drug-likeness (QED) is 0.273. The molecule has 0 saturated carbocycles. The Hall–Kier alpha value is -3.93. The molecule has 5 rings (SSSR count). The summed E-state index contributed by atoms with van der Waals surface area (Å²) in [5.74, 6) is -0.202. The van der Waals surface area contributed by atoms with E-state index in [1.807, 2.05) is 39.0 Å². The van der Waals surface area contributed by atoms with E-state index in [1.54, 1.807) is 12.4 Å². The molecule has 0 spiro atoms. The lowest BCUT2D eigenvalue weighted by molar-refractivity contribution is -0.131. The fraction of sp³-hybridized carbons (Fsp3) is 0.364. The van der Waals surface area contributed by atoms with E-state index in [0.717, 1.165) is 36.0 Å². The molecule has 2 amide bonds. The number of carbonyl (C=O) groups excluding carboxylic acids is 2. The van der Waals surface area contributed by atoms with Gasteiger partial charge in [0.1, 0.15) is 5.60 Å². The van der Waals surface area contributed by atoms with Crippen molar-refractivity contribution in [3.05, 3.63) is 102 Å². The van der Waals surface area contributed by atoms with E-state index < -0.39 is 17.1 Å². The van der Waals surface area contributed by atoms with E-state index >= 15 is 0 Å². The van der Waals surface area contributed by atoms with Crippen molar-refractivity contribution in [2.24, 2.45) is 0 Å². The third-order valence-corrected chi connectivity index (χ3v) is 7.63. The molecule has 0 radical (unpaired) electrons. The van der Waals surface area contributed by atoms with Gasteiger partial charge in [-0.25, -0.2) is 9.69 Å². The molecule has 1 unspecified atom stereocenters. The Kier molecular flexibility index (Phi) is 7.30. The highest BCUT2D eigenvalue weighted by atomic mass is 16.6. The summed E-state index contributed by atoms with van der Waals surface area (Å²) >= 11 is 0. The maximum absolute atomic E-state index is 14.1.